The van der Waals surface area contributed by atoms with Crippen molar-refractivity contribution < 1.29 is 9.13 Å². The maximum Gasteiger partial charge on any atom is 0.145 e. The third-order valence-corrected chi connectivity index (χ3v) is 3.95. The number of benzene rings is 1. The Morgan fingerprint density at radius 1 is 1.48 bits per heavy atom. The van der Waals surface area contributed by atoms with E-state index in [1.54, 1.807) is 6.07 Å². The molecule has 0 bridgehead atoms. The van der Waals surface area contributed by atoms with E-state index in [0.29, 0.717) is 12.4 Å². The largest absolute Gasteiger partial charge is 0.492 e. The molecule has 1 atom stereocenters. The maximum absolute atomic E-state index is 13.4. The average molecular weight is 289 g/mol. The first-order valence-electron chi connectivity index (χ1n) is 7.38. The Kier molecular flexibility index (Phi) is 3.82. The quantitative estimate of drug-likeness (QED) is 0.937. The topological polar surface area (TPSA) is 39.1 Å². The van der Waals surface area contributed by atoms with Gasteiger partial charge in [-0.1, -0.05) is 0 Å². The SMILES string of the molecule is CCOc1cc(F)ccc1NC1CCCc2c1cnn2C. The molecular weight excluding hydrogens is 269 g/mol. The first-order chi connectivity index (χ1) is 10.2. The first-order valence-corrected chi connectivity index (χ1v) is 7.38. The lowest BCUT2D eigenvalue weighted by molar-refractivity contribution is 0.339. The fourth-order valence-electron chi connectivity index (χ4n) is 2.93. The van der Waals surface area contributed by atoms with E-state index in [1.807, 2.05) is 24.9 Å². The normalized spacial score (nSPS) is 17.4. The number of aromatic nitrogens is 2. The van der Waals surface area contributed by atoms with Crippen LogP contribution in [0.3, 0.4) is 0 Å². The summed E-state index contributed by atoms with van der Waals surface area (Å²) in [4.78, 5) is 0. The number of ether oxygens (including phenoxy) is 1. The van der Waals surface area contributed by atoms with Crippen LogP contribution in [0.1, 0.15) is 37.1 Å². The molecule has 0 amide bonds. The number of nitrogens with one attached hydrogen (secondary N) is 1. The van der Waals surface area contributed by atoms with Gasteiger partial charge in [-0.25, -0.2) is 4.39 Å². The number of aryl methyl sites for hydroxylation is 1. The zero-order chi connectivity index (χ0) is 14.8. The minimum atomic E-state index is -0.283. The van der Waals surface area contributed by atoms with Crippen LogP contribution in [0.25, 0.3) is 0 Å². The zero-order valence-corrected chi connectivity index (χ0v) is 12.4. The van der Waals surface area contributed by atoms with Gasteiger partial charge in [0.05, 0.1) is 24.5 Å². The first kappa shape index (κ1) is 13.9. The Morgan fingerprint density at radius 2 is 2.33 bits per heavy atom. The summed E-state index contributed by atoms with van der Waals surface area (Å²) in [6, 6.07) is 4.83. The summed E-state index contributed by atoms with van der Waals surface area (Å²) in [5.74, 6) is 0.281. The van der Waals surface area contributed by atoms with Crippen LogP contribution in [-0.4, -0.2) is 16.4 Å². The molecule has 0 saturated heterocycles. The number of fused-ring (bicyclic) bond motifs is 1. The van der Waals surface area contributed by atoms with Crippen molar-refractivity contribution in [1.82, 2.24) is 9.78 Å². The van der Waals surface area contributed by atoms with Crippen molar-refractivity contribution in [2.24, 2.45) is 7.05 Å². The van der Waals surface area contributed by atoms with Gasteiger partial charge in [0.15, 0.2) is 0 Å². The summed E-state index contributed by atoms with van der Waals surface area (Å²) in [7, 11) is 1.98. The van der Waals surface area contributed by atoms with Crippen molar-refractivity contribution >= 4 is 5.69 Å². The Balaban J connectivity index is 1.87. The molecule has 1 aromatic heterocycles. The van der Waals surface area contributed by atoms with Crippen molar-refractivity contribution in [2.75, 3.05) is 11.9 Å². The van der Waals surface area contributed by atoms with E-state index in [-0.39, 0.29) is 11.9 Å². The van der Waals surface area contributed by atoms with Gasteiger partial charge in [0.25, 0.3) is 0 Å². The van der Waals surface area contributed by atoms with Gasteiger partial charge in [-0.05, 0) is 38.3 Å². The molecule has 1 heterocycles. The molecule has 21 heavy (non-hydrogen) atoms. The van der Waals surface area contributed by atoms with Crippen molar-refractivity contribution in [2.45, 2.75) is 32.2 Å². The molecule has 112 valence electrons. The monoisotopic (exact) mass is 289 g/mol. The van der Waals surface area contributed by atoms with Gasteiger partial charge in [0.2, 0.25) is 0 Å². The minimum absolute atomic E-state index is 0.201. The summed E-state index contributed by atoms with van der Waals surface area (Å²) >= 11 is 0. The van der Waals surface area contributed by atoms with Gasteiger partial charge >= 0.3 is 0 Å². The number of hydrogen-bond acceptors (Lipinski definition) is 3. The number of halogens is 1. The molecule has 1 aliphatic rings. The van der Waals surface area contributed by atoms with Crippen LogP contribution in [0.5, 0.6) is 5.75 Å². The molecule has 5 heteroatoms. The predicted octanol–water partition coefficient (Wildman–Crippen LogP) is 3.45. The van der Waals surface area contributed by atoms with E-state index < -0.39 is 0 Å². The Bertz CT molecular complexity index is 638. The fourth-order valence-corrected chi connectivity index (χ4v) is 2.93. The number of anilines is 1. The Hall–Kier alpha value is -2.04. The average Bonchev–Trinajstić information content (AvgIpc) is 2.85. The van der Waals surface area contributed by atoms with E-state index in [1.165, 1.54) is 23.4 Å². The highest BCUT2D eigenvalue weighted by atomic mass is 19.1. The molecule has 2 aromatic rings. The third-order valence-electron chi connectivity index (χ3n) is 3.95. The molecule has 3 rings (SSSR count). The standard InChI is InChI=1S/C16H20FN3O/c1-3-21-16-9-11(17)7-8-14(16)19-13-5-4-6-15-12(13)10-18-20(15)2/h7-10,13,19H,3-6H2,1-2H3. The molecule has 1 aliphatic carbocycles. The van der Waals surface area contributed by atoms with Crippen molar-refractivity contribution in [3.8, 4) is 5.75 Å². The smallest absolute Gasteiger partial charge is 0.145 e. The molecule has 0 fully saturated rings. The number of nitrogens with zero attached hydrogens (tertiary/aromatic N) is 2. The Labute approximate surface area is 123 Å². The summed E-state index contributed by atoms with van der Waals surface area (Å²) < 4.78 is 20.8. The summed E-state index contributed by atoms with van der Waals surface area (Å²) in [5, 5.41) is 7.83. The van der Waals surface area contributed by atoms with Gasteiger partial charge in [-0.2, -0.15) is 5.10 Å². The van der Waals surface area contributed by atoms with Crippen LogP contribution in [0.15, 0.2) is 24.4 Å². The summed E-state index contributed by atoms with van der Waals surface area (Å²) in [6.07, 6.45) is 5.15. The molecule has 1 aromatic carbocycles. The van der Waals surface area contributed by atoms with Gasteiger partial charge in [0.1, 0.15) is 11.6 Å². The van der Waals surface area contributed by atoms with Crippen molar-refractivity contribution in [3.05, 3.63) is 41.5 Å². The second kappa shape index (κ2) is 5.76. The molecule has 0 spiro atoms. The van der Waals surface area contributed by atoms with Crippen LogP contribution in [0, 0.1) is 5.82 Å². The second-order valence-corrected chi connectivity index (χ2v) is 5.33. The third kappa shape index (κ3) is 2.73. The molecular formula is C16H20FN3O. The van der Waals surface area contributed by atoms with Gasteiger partial charge in [-0.3, -0.25) is 4.68 Å². The van der Waals surface area contributed by atoms with Crippen LogP contribution >= 0.6 is 0 Å². The van der Waals surface area contributed by atoms with Crippen LogP contribution < -0.4 is 10.1 Å². The summed E-state index contributed by atoms with van der Waals surface area (Å²) in [5.41, 5.74) is 3.34. The van der Waals surface area contributed by atoms with Crippen molar-refractivity contribution in [3.63, 3.8) is 0 Å². The lowest BCUT2D eigenvalue weighted by atomic mass is 9.93. The number of rotatable bonds is 4. The molecule has 0 aliphatic heterocycles. The van der Waals surface area contributed by atoms with Gasteiger partial charge in [0, 0.05) is 24.4 Å². The highest BCUT2D eigenvalue weighted by Gasteiger charge is 2.24. The zero-order valence-electron chi connectivity index (χ0n) is 12.4. The molecule has 4 nitrogen and oxygen atoms in total. The van der Waals surface area contributed by atoms with Gasteiger partial charge < -0.3 is 10.1 Å². The highest BCUT2D eigenvalue weighted by molar-refractivity contribution is 5.58. The van der Waals surface area contributed by atoms with E-state index in [0.717, 1.165) is 24.9 Å². The molecule has 0 radical (unpaired) electrons. The van der Waals surface area contributed by atoms with Crippen LogP contribution in [0.2, 0.25) is 0 Å². The second-order valence-electron chi connectivity index (χ2n) is 5.33. The maximum atomic E-state index is 13.4. The molecule has 1 N–H and O–H groups in total. The number of hydrogen-bond donors (Lipinski definition) is 1. The Morgan fingerprint density at radius 3 is 3.14 bits per heavy atom. The van der Waals surface area contributed by atoms with Crippen LogP contribution in [0.4, 0.5) is 10.1 Å². The van der Waals surface area contributed by atoms with E-state index >= 15 is 0 Å². The lowest BCUT2D eigenvalue weighted by Crippen LogP contribution is -2.18. The minimum Gasteiger partial charge on any atom is -0.492 e. The highest BCUT2D eigenvalue weighted by Crippen LogP contribution is 2.35. The lowest BCUT2D eigenvalue weighted by Gasteiger charge is -2.25. The van der Waals surface area contributed by atoms with E-state index in [4.69, 9.17) is 4.74 Å². The summed E-state index contributed by atoms with van der Waals surface area (Å²) in [6.45, 7) is 2.41. The molecule has 0 saturated carbocycles. The molecule has 1 unspecified atom stereocenters. The van der Waals surface area contributed by atoms with E-state index in [2.05, 4.69) is 10.4 Å². The van der Waals surface area contributed by atoms with Crippen LogP contribution in [-0.2, 0) is 13.5 Å². The van der Waals surface area contributed by atoms with Gasteiger partial charge in [-0.15, -0.1) is 0 Å². The predicted molar refractivity (Wildman–Crippen MR) is 80.1 cm³/mol. The van der Waals surface area contributed by atoms with E-state index in [9.17, 15) is 4.39 Å². The fraction of sp³-hybridized carbons (Fsp3) is 0.438. The van der Waals surface area contributed by atoms with Crippen molar-refractivity contribution in [1.29, 1.82) is 0 Å².